The van der Waals surface area contributed by atoms with Crippen LogP contribution in [0.2, 0.25) is 0 Å². The normalized spacial score (nSPS) is 16.3. The molecular weight excluding hydrogens is 356 g/mol. The van der Waals surface area contributed by atoms with Crippen LogP contribution < -0.4 is 15.2 Å². The number of nitrogens with zero attached hydrogens (tertiary/aromatic N) is 3. The first kappa shape index (κ1) is 16.9. The fraction of sp³-hybridized carbons (Fsp3) is 0.333. The molecule has 0 atom stereocenters. The average molecular weight is 378 g/mol. The highest BCUT2D eigenvalue weighted by Gasteiger charge is 2.27. The van der Waals surface area contributed by atoms with E-state index < -0.39 is 0 Å². The van der Waals surface area contributed by atoms with Gasteiger partial charge in [-0.15, -0.1) is 0 Å². The summed E-state index contributed by atoms with van der Waals surface area (Å²) in [4.78, 5) is 32.3. The van der Waals surface area contributed by atoms with Gasteiger partial charge in [-0.2, -0.15) is 0 Å². The minimum atomic E-state index is -0.00918. The molecule has 5 rings (SSSR count). The lowest BCUT2D eigenvalue weighted by molar-refractivity contribution is 0.0787. The standard InChI is InChI=1S/C21H22N4O3/c1-23-9-6-14-12-15(4-5-16(14)20(23)26)25-10-11-28-18-13-17(22-19(18)25)21(27)24-7-2-3-8-24/h4-6,9,12-13,22H,2-3,7-8,10-11H2,1H3. The van der Waals surface area contributed by atoms with E-state index in [1.165, 1.54) is 0 Å². The summed E-state index contributed by atoms with van der Waals surface area (Å²) in [5.41, 5.74) is 1.52. The molecule has 0 aliphatic carbocycles. The Hall–Kier alpha value is -3.22. The van der Waals surface area contributed by atoms with Crippen LogP contribution in [0.5, 0.6) is 5.75 Å². The second-order valence-corrected chi connectivity index (χ2v) is 7.40. The summed E-state index contributed by atoms with van der Waals surface area (Å²) in [6, 6.07) is 9.56. The number of hydrogen-bond donors (Lipinski definition) is 1. The summed E-state index contributed by atoms with van der Waals surface area (Å²) in [5, 5.41) is 1.59. The van der Waals surface area contributed by atoms with Gasteiger partial charge < -0.3 is 24.1 Å². The molecule has 0 saturated carbocycles. The fourth-order valence-electron chi connectivity index (χ4n) is 4.06. The van der Waals surface area contributed by atoms with Gasteiger partial charge in [0.05, 0.1) is 6.54 Å². The third kappa shape index (κ3) is 2.66. The van der Waals surface area contributed by atoms with Crippen molar-refractivity contribution in [2.24, 2.45) is 7.05 Å². The maximum Gasteiger partial charge on any atom is 0.270 e. The number of carbonyl (C=O) groups excluding carboxylic acids is 1. The van der Waals surface area contributed by atoms with Crippen LogP contribution in [0.4, 0.5) is 11.5 Å². The molecule has 1 N–H and O–H groups in total. The van der Waals surface area contributed by atoms with E-state index in [1.807, 2.05) is 29.2 Å². The molecule has 0 bridgehead atoms. The third-order valence-corrected chi connectivity index (χ3v) is 5.60. The minimum absolute atomic E-state index is 0.00918. The van der Waals surface area contributed by atoms with Crippen molar-refractivity contribution in [1.29, 1.82) is 0 Å². The lowest BCUT2D eigenvalue weighted by atomic mass is 10.1. The molecule has 7 nitrogen and oxygen atoms in total. The van der Waals surface area contributed by atoms with E-state index in [0.29, 0.717) is 30.0 Å². The number of aryl methyl sites for hydroxylation is 1. The molecule has 144 valence electrons. The first-order valence-electron chi connectivity index (χ1n) is 9.64. The van der Waals surface area contributed by atoms with Crippen molar-refractivity contribution in [3.63, 3.8) is 0 Å². The topological polar surface area (TPSA) is 70.6 Å². The second-order valence-electron chi connectivity index (χ2n) is 7.40. The maximum atomic E-state index is 12.7. The number of amides is 1. The quantitative estimate of drug-likeness (QED) is 0.744. The first-order chi connectivity index (χ1) is 13.6. The number of aromatic nitrogens is 2. The minimum Gasteiger partial charge on any atom is -0.488 e. The molecule has 0 radical (unpaired) electrons. The Balaban J connectivity index is 1.53. The Bertz CT molecular complexity index is 1120. The van der Waals surface area contributed by atoms with Gasteiger partial charge in [0.15, 0.2) is 11.6 Å². The number of carbonyl (C=O) groups is 1. The van der Waals surface area contributed by atoms with Gasteiger partial charge in [0.1, 0.15) is 12.3 Å². The van der Waals surface area contributed by atoms with Crippen molar-refractivity contribution in [2.45, 2.75) is 12.8 Å². The zero-order valence-corrected chi connectivity index (χ0v) is 15.8. The van der Waals surface area contributed by atoms with Crippen molar-refractivity contribution in [2.75, 3.05) is 31.1 Å². The van der Waals surface area contributed by atoms with Gasteiger partial charge in [-0.05, 0) is 42.5 Å². The molecular formula is C21H22N4O3. The smallest absolute Gasteiger partial charge is 0.270 e. The molecule has 28 heavy (non-hydrogen) atoms. The number of H-pyrrole nitrogens is 1. The van der Waals surface area contributed by atoms with Crippen molar-refractivity contribution in [3.05, 3.63) is 52.6 Å². The summed E-state index contributed by atoms with van der Waals surface area (Å²) in [7, 11) is 1.75. The number of rotatable bonds is 2. The number of pyridine rings is 1. The number of likely N-dealkylation sites (tertiary alicyclic amines) is 1. The van der Waals surface area contributed by atoms with E-state index in [-0.39, 0.29) is 11.5 Å². The number of ether oxygens (including phenoxy) is 1. The number of fused-ring (bicyclic) bond motifs is 2. The summed E-state index contributed by atoms with van der Waals surface area (Å²) < 4.78 is 7.37. The van der Waals surface area contributed by atoms with Crippen LogP contribution in [0.3, 0.4) is 0 Å². The van der Waals surface area contributed by atoms with Crippen LogP contribution in [-0.4, -0.2) is 46.6 Å². The SMILES string of the molecule is Cn1ccc2cc(N3CCOc4cc(C(=O)N5CCCC5)[nH]c43)ccc2c1=O. The number of anilines is 2. The molecule has 1 fully saturated rings. The fourth-order valence-corrected chi connectivity index (χ4v) is 4.06. The molecule has 2 aliphatic heterocycles. The molecule has 2 aromatic heterocycles. The Labute approximate surface area is 162 Å². The van der Waals surface area contributed by atoms with Gasteiger partial charge >= 0.3 is 0 Å². The number of hydrogen-bond acceptors (Lipinski definition) is 4. The average Bonchev–Trinajstić information content (AvgIpc) is 3.39. The highest BCUT2D eigenvalue weighted by atomic mass is 16.5. The highest BCUT2D eigenvalue weighted by molar-refractivity contribution is 5.95. The Morgan fingerprint density at radius 1 is 1.11 bits per heavy atom. The lowest BCUT2D eigenvalue weighted by Crippen LogP contribution is -2.29. The lowest BCUT2D eigenvalue weighted by Gasteiger charge is -2.29. The zero-order valence-electron chi connectivity index (χ0n) is 15.8. The van der Waals surface area contributed by atoms with Gasteiger partial charge in [0.2, 0.25) is 0 Å². The molecule has 3 aromatic rings. The Morgan fingerprint density at radius 2 is 1.93 bits per heavy atom. The van der Waals surface area contributed by atoms with Crippen LogP contribution in [-0.2, 0) is 7.05 Å². The summed E-state index contributed by atoms with van der Waals surface area (Å²) in [6.07, 6.45) is 3.90. The van der Waals surface area contributed by atoms with E-state index >= 15 is 0 Å². The Kier molecular flexibility index (Phi) is 3.89. The number of benzene rings is 1. The molecule has 0 unspecified atom stereocenters. The molecule has 1 amide bonds. The molecule has 1 saturated heterocycles. The van der Waals surface area contributed by atoms with E-state index in [0.717, 1.165) is 42.8 Å². The van der Waals surface area contributed by atoms with E-state index in [9.17, 15) is 9.59 Å². The molecule has 4 heterocycles. The Morgan fingerprint density at radius 3 is 2.75 bits per heavy atom. The van der Waals surface area contributed by atoms with Gasteiger partial charge in [-0.3, -0.25) is 9.59 Å². The predicted molar refractivity (Wildman–Crippen MR) is 108 cm³/mol. The van der Waals surface area contributed by atoms with Crippen LogP contribution in [0.25, 0.3) is 10.8 Å². The van der Waals surface area contributed by atoms with Crippen molar-refractivity contribution in [1.82, 2.24) is 14.5 Å². The van der Waals surface area contributed by atoms with Gasteiger partial charge in [0.25, 0.3) is 11.5 Å². The van der Waals surface area contributed by atoms with E-state index in [4.69, 9.17) is 4.74 Å². The monoisotopic (exact) mass is 378 g/mol. The summed E-state index contributed by atoms with van der Waals surface area (Å²) >= 11 is 0. The van der Waals surface area contributed by atoms with Crippen LogP contribution >= 0.6 is 0 Å². The van der Waals surface area contributed by atoms with Crippen molar-refractivity contribution in [3.8, 4) is 5.75 Å². The second kappa shape index (κ2) is 6.44. The predicted octanol–water partition coefficient (Wildman–Crippen LogP) is 2.63. The summed E-state index contributed by atoms with van der Waals surface area (Å²) in [6.45, 7) is 2.83. The van der Waals surface area contributed by atoms with E-state index in [2.05, 4.69) is 9.88 Å². The van der Waals surface area contributed by atoms with Gasteiger partial charge in [-0.25, -0.2) is 0 Å². The zero-order chi connectivity index (χ0) is 19.3. The van der Waals surface area contributed by atoms with Crippen molar-refractivity contribution >= 4 is 28.2 Å². The molecule has 1 aromatic carbocycles. The number of nitrogens with one attached hydrogen (secondary N) is 1. The highest BCUT2D eigenvalue weighted by Crippen LogP contribution is 2.37. The molecule has 7 heteroatoms. The first-order valence-corrected chi connectivity index (χ1v) is 9.64. The van der Waals surface area contributed by atoms with Crippen LogP contribution in [0.1, 0.15) is 23.3 Å². The van der Waals surface area contributed by atoms with E-state index in [1.54, 1.807) is 23.9 Å². The largest absolute Gasteiger partial charge is 0.488 e. The molecule has 2 aliphatic rings. The van der Waals surface area contributed by atoms with Crippen molar-refractivity contribution < 1.29 is 9.53 Å². The third-order valence-electron chi connectivity index (χ3n) is 5.60. The van der Waals surface area contributed by atoms with Crippen LogP contribution in [0.15, 0.2) is 41.3 Å². The molecule has 0 spiro atoms. The maximum absolute atomic E-state index is 12.7. The summed E-state index contributed by atoms with van der Waals surface area (Å²) in [5.74, 6) is 1.51. The van der Waals surface area contributed by atoms with Gasteiger partial charge in [-0.1, -0.05) is 0 Å². The van der Waals surface area contributed by atoms with Crippen LogP contribution in [0, 0.1) is 0 Å². The number of aromatic amines is 1. The van der Waals surface area contributed by atoms with Gasteiger partial charge in [0, 0.05) is 43.5 Å².